The fourth-order valence-electron chi connectivity index (χ4n) is 3.34. The number of benzene rings is 1. The molecule has 7 nitrogen and oxygen atoms in total. The van der Waals surface area contributed by atoms with Gasteiger partial charge < -0.3 is 20.8 Å². The molecule has 2 aromatic rings. The van der Waals surface area contributed by atoms with E-state index in [1.165, 1.54) is 29.9 Å². The van der Waals surface area contributed by atoms with Gasteiger partial charge in [-0.1, -0.05) is 38.3 Å². The van der Waals surface area contributed by atoms with Crippen LogP contribution in [0.15, 0.2) is 30.3 Å². The van der Waals surface area contributed by atoms with Crippen LogP contribution in [0, 0.1) is 11.7 Å². The van der Waals surface area contributed by atoms with E-state index >= 15 is 0 Å². The lowest BCUT2D eigenvalue weighted by atomic mass is 9.89. The molecule has 1 aromatic carbocycles. The number of aryl methyl sites for hydroxylation is 1. The van der Waals surface area contributed by atoms with Crippen LogP contribution >= 0.6 is 11.3 Å². The Morgan fingerprint density at radius 3 is 2.29 bits per heavy atom. The van der Waals surface area contributed by atoms with E-state index < -0.39 is 6.16 Å². The summed E-state index contributed by atoms with van der Waals surface area (Å²) in [6.07, 6.45) is 4.19. The van der Waals surface area contributed by atoms with Gasteiger partial charge in [-0.05, 0) is 43.0 Å². The molecule has 0 bridgehead atoms. The molecule has 0 aliphatic heterocycles. The topological polar surface area (TPSA) is 116 Å². The summed E-state index contributed by atoms with van der Waals surface area (Å²) >= 11 is 1.46. The average Bonchev–Trinajstić information content (AvgIpc) is 3.16. The minimum Gasteiger partial charge on any atom is -0.450 e. The van der Waals surface area contributed by atoms with E-state index in [2.05, 4.69) is 10.6 Å². The third-order valence-corrected chi connectivity index (χ3v) is 6.15. The van der Waals surface area contributed by atoms with E-state index in [1.807, 2.05) is 13.0 Å². The molecule has 1 aliphatic carbocycles. The van der Waals surface area contributed by atoms with Crippen molar-refractivity contribution in [3.05, 3.63) is 52.2 Å². The van der Waals surface area contributed by atoms with Gasteiger partial charge in [0.05, 0.1) is 5.56 Å². The van der Waals surface area contributed by atoms with Gasteiger partial charge in [-0.2, -0.15) is 0 Å². The molecule has 1 aliphatic rings. The first kappa shape index (κ1) is 24.3. The van der Waals surface area contributed by atoms with Crippen LogP contribution in [0.2, 0.25) is 0 Å². The molecule has 3 rings (SSSR count). The predicted molar refractivity (Wildman–Crippen MR) is 117 cm³/mol. The first-order valence-corrected chi connectivity index (χ1v) is 11.0. The van der Waals surface area contributed by atoms with Gasteiger partial charge in [0.25, 0.3) is 5.91 Å². The summed E-state index contributed by atoms with van der Waals surface area (Å²) in [5.41, 5.74) is 1.33. The number of hydrogen-bond acceptors (Lipinski definition) is 4. The molecule has 2 amide bonds. The van der Waals surface area contributed by atoms with Crippen molar-refractivity contribution in [2.75, 3.05) is 5.32 Å². The van der Waals surface area contributed by atoms with Crippen LogP contribution in [0.25, 0.3) is 0 Å². The summed E-state index contributed by atoms with van der Waals surface area (Å²) in [7, 11) is 0. The largest absolute Gasteiger partial charge is 0.503 e. The van der Waals surface area contributed by atoms with Gasteiger partial charge in [0.15, 0.2) is 0 Å². The number of carbonyl (C=O) groups excluding carboxylic acids is 2. The van der Waals surface area contributed by atoms with Crippen molar-refractivity contribution in [1.82, 2.24) is 5.32 Å². The number of hydrogen-bond donors (Lipinski definition) is 4. The zero-order valence-electron chi connectivity index (χ0n) is 17.3. The minimum atomic E-state index is -1.83. The zero-order chi connectivity index (χ0) is 22.8. The molecule has 1 aromatic heterocycles. The molecule has 0 radical (unpaired) electrons. The van der Waals surface area contributed by atoms with Crippen molar-refractivity contribution in [3.8, 4) is 0 Å². The maximum Gasteiger partial charge on any atom is 0.503 e. The Morgan fingerprint density at radius 1 is 1.10 bits per heavy atom. The molecule has 0 saturated heterocycles. The third kappa shape index (κ3) is 8.01. The monoisotopic (exact) mass is 450 g/mol. The van der Waals surface area contributed by atoms with Crippen LogP contribution in [0.5, 0.6) is 0 Å². The Hall–Kier alpha value is -2.94. The Labute approximate surface area is 184 Å². The number of carbonyl (C=O) groups is 3. The third-order valence-electron chi connectivity index (χ3n) is 4.96. The molecule has 4 N–H and O–H groups in total. The van der Waals surface area contributed by atoms with E-state index in [0.29, 0.717) is 17.1 Å². The number of amides is 2. The van der Waals surface area contributed by atoms with Crippen molar-refractivity contribution in [2.45, 2.75) is 52.0 Å². The zero-order valence-corrected chi connectivity index (χ0v) is 18.1. The van der Waals surface area contributed by atoms with Crippen molar-refractivity contribution in [1.29, 1.82) is 0 Å². The van der Waals surface area contributed by atoms with Crippen molar-refractivity contribution in [2.24, 2.45) is 5.92 Å². The van der Waals surface area contributed by atoms with Gasteiger partial charge in [0.1, 0.15) is 10.8 Å². The molecule has 168 valence electrons. The van der Waals surface area contributed by atoms with Crippen LogP contribution in [-0.2, 0) is 17.8 Å². The first-order chi connectivity index (χ1) is 14.8. The highest BCUT2D eigenvalue weighted by molar-refractivity contribution is 7.16. The second kappa shape index (κ2) is 12.0. The molecule has 31 heavy (non-hydrogen) atoms. The number of thiophene rings is 1. The van der Waals surface area contributed by atoms with Crippen LogP contribution in [0.3, 0.4) is 0 Å². The molecule has 1 saturated carbocycles. The van der Waals surface area contributed by atoms with E-state index in [4.69, 9.17) is 15.0 Å². The smallest absolute Gasteiger partial charge is 0.450 e. The van der Waals surface area contributed by atoms with Gasteiger partial charge in [-0.3, -0.25) is 9.59 Å². The molecule has 9 heteroatoms. The normalized spacial score (nSPS) is 13.6. The number of halogens is 1. The molecular formula is C22H27FN2O5S. The van der Waals surface area contributed by atoms with Gasteiger partial charge in [-0.25, -0.2) is 9.18 Å². The van der Waals surface area contributed by atoms with Crippen LogP contribution < -0.4 is 10.6 Å². The van der Waals surface area contributed by atoms with E-state index in [-0.39, 0.29) is 23.5 Å². The molecule has 0 atom stereocenters. The van der Waals surface area contributed by atoms with Crippen molar-refractivity contribution < 1.29 is 29.0 Å². The van der Waals surface area contributed by atoms with E-state index in [1.54, 1.807) is 12.1 Å². The highest BCUT2D eigenvalue weighted by Gasteiger charge is 2.24. The highest BCUT2D eigenvalue weighted by Crippen LogP contribution is 2.31. The number of rotatable bonds is 6. The lowest BCUT2D eigenvalue weighted by Gasteiger charge is -2.20. The fraction of sp³-hybridized carbons (Fsp3) is 0.409. The van der Waals surface area contributed by atoms with Gasteiger partial charge in [0, 0.05) is 17.3 Å². The number of anilines is 1. The fourth-order valence-corrected chi connectivity index (χ4v) is 4.33. The Kier molecular flexibility index (Phi) is 9.45. The summed E-state index contributed by atoms with van der Waals surface area (Å²) in [5.74, 6) is -0.467. The summed E-state index contributed by atoms with van der Waals surface area (Å²) in [5, 5.41) is 20.4. The Morgan fingerprint density at radius 2 is 1.71 bits per heavy atom. The van der Waals surface area contributed by atoms with Crippen molar-refractivity contribution >= 4 is 34.3 Å². The van der Waals surface area contributed by atoms with Crippen LogP contribution in [0.1, 0.15) is 59.8 Å². The van der Waals surface area contributed by atoms with Crippen LogP contribution in [-0.4, -0.2) is 28.2 Å². The maximum absolute atomic E-state index is 13.0. The first-order valence-electron chi connectivity index (χ1n) is 10.2. The summed E-state index contributed by atoms with van der Waals surface area (Å²) < 4.78 is 13.0. The summed E-state index contributed by atoms with van der Waals surface area (Å²) in [6, 6.07) is 7.88. The Bertz CT molecular complexity index is 888. The highest BCUT2D eigenvalue weighted by atomic mass is 32.1. The lowest BCUT2D eigenvalue weighted by molar-refractivity contribution is -0.120. The number of nitrogens with one attached hydrogen (secondary N) is 2. The Balaban J connectivity index is 0.000000785. The average molecular weight is 451 g/mol. The second-order valence-electron chi connectivity index (χ2n) is 7.22. The standard InChI is InChI=1S/C21H25FN2O2S.CH2O3/c1-2-17-12-18(20(26)23-13-14-8-10-16(22)11-9-14)21(27-17)24-19(25)15-6-4-3-5-7-15;2-1(3)4/h8-12,15H,2-7,13H2,1H3,(H,23,26)(H,24,25);(H2,2,3,4). The van der Waals surface area contributed by atoms with Gasteiger partial charge in [-0.15, -0.1) is 11.3 Å². The second-order valence-corrected chi connectivity index (χ2v) is 8.36. The maximum atomic E-state index is 13.0. The quantitative estimate of drug-likeness (QED) is 0.487. The van der Waals surface area contributed by atoms with Crippen molar-refractivity contribution in [3.63, 3.8) is 0 Å². The molecule has 0 unspecified atom stereocenters. The van der Waals surface area contributed by atoms with Crippen LogP contribution in [0.4, 0.5) is 14.2 Å². The summed E-state index contributed by atoms with van der Waals surface area (Å²) in [4.78, 5) is 34.9. The molecular weight excluding hydrogens is 423 g/mol. The lowest BCUT2D eigenvalue weighted by Crippen LogP contribution is -2.27. The minimum absolute atomic E-state index is 0.0202. The predicted octanol–water partition coefficient (Wildman–Crippen LogP) is 5.12. The van der Waals surface area contributed by atoms with Gasteiger partial charge in [0.2, 0.25) is 5.91 Å². The SMILES string of the molecule is CCc1cc(C(=O)NCc2ccc(F)cc2)c(NC(=O)C2CCCCC2)s1.O=C(O)O. The number of carboxylic acid groups (broad SMARTS) is 2. The van der Waals surface area contributed by atoms with E-state index in [9.17, 15) is 14.0 Å². The van der Waals surface area contributed by atoms with E-state index in [0.717, 1.165) is 42.5 Å². The van der Waals surface area contributed by atoms with Gasteiger partial charge >= 0.3 is 6.16 Å². The molecule has 1 fully saturated rings. The molecule has 1 heterocycles. The summed E-state index contributed by atoms with van der Waals surface area (Å²) in [6.45, 7) is 2.34. The molecule has 0 spiro atoms.